The maximum Gasteiger partial charge on any atom is 0.237 e. The van der Waals surface area contributed by atoms with Crippen molar-refractivity contribution in [1.29, 1.82) is 0 Å². The van der Waals surface area contributed by atoms with Crippen molar-refractivity contribution in [2.45, 2.75) is 24.3 Å². The molecular weight excluding hydrogens is 402 g/mol. The summed E-state index contributed by atoms with van der Waals surface area (Å²) in [6.45, 7) is 3.84. The van der Waals surface area contributed by atoms with Gasteiger partial charge in [-0.05, 0) is 60.2 Å². The molecule has 25 heavy (non-hydrogen) atoms. The summed E-state index contributed by atoms with van der Waals surface area (Å²) in [5, 5.41) is 14.9. The van der Waals surface area contributed by atoms with Crippen molar-refractivity contribution >= 4 is 39.3 Å². The van der Waals surface area contributed by atoms with Gasteiger partial charge in [-0.25, -0.2) is 0 Å². The maximum absolute atomic E-state index is 12.4. The Labute approximate surface area is 158 Å². The summed E-state index contributed by atoms with van der Waals surface area (Å²) >= 11 is 4.70. The molecule has 1 atom stereocenters. The van der Waals surface area contributed by atoms with E-state index < -0.39 is 0 Å². The third kappa shape index (κ3) is 4.46. The van der Waals surface area contributed by atoms with Gasteiger partial charge in [0.1, 0.15) is 0 Å². The predicted molar refractivity (Wildman–Crippen MR) is 102 cm³/mol. The molecule has 1 heterocycles. The molecule has 8 heteroatoms. The van der Waals surface area contributed by atoms with Crippen LogP contribution in [0.5, 0.6) is 0 Å². The van der Waals surface area contributed by atoms with Crippen LogP contribution < -0.4 is 5.32 Å². The first kappa shape index (κ1) is 17.6. The fourth-order valence-electron chi connectivity index (χ4n) is 2.20. The van der Waals surface area contributed by atoms with Gasteiger partial charge in [0.25, 0.3) is 0 Å². The number of benzene rings is 2. The first-order valence-electron chi connectivity index (χ1n) is 7.61. The highest BCUT2D eigenvalue weighted by atomic mass is 79.9. The van der Waals surface area contributed by atoms with Crippen molar-refractivity contribution in [1.82, 2.24) is 20.2 Å². The van der Waals surface area contributed by atoms with Gasteiger partial charge in [-0.3, -0.25) is 4.79 Å². The molecule has 2 aromatic carbocycles. The molecule has 0 aliphatic rings. The highest BCUT2D eigenvalue weighted by Gasteiger charge is 2.19. The van der Waals surface area contributed by atoms with Gasteiger partial charge in [0, 0.05) is 10.2 Å². The number of anilines is 1. The van der Waals surface area contributed by atoms with Crippen LogP contribution in [0.15, 0.2) is 58.2 Å². The third-order valence-corrected chi connectivity index (χ3v) is 4.96. The lowest BCUT2D eigenvalue weighted by Crippen LogP contribution is -2.22. The van der Waals surface area contributed by atoms with E-state index in [4.69, 9.17) is 0 Å². The number of thioether (sulfide) groups is 1. The topological polar surface area (TPSA) is 72.7 Å². The van der Waals surface area contributed by atoms with Crippen LogP contribution in [0.1, 0.15) is 12.5 Å². The zero-order valence-electron chi connectivity index (χ0n) is 13.7. The van der Waals surface area contributed by atoms with E-state index in [2.05, 4.69) is 36.8 Å². The summed E-state index contributed by atoms with van der Waals surface area (Å²) in [4.78, 5) is 12.4. The van der Waals surface area contributed by atoms with Gasteiger partial charge in [0.2, 0.25) is 11.1 Å². The van der Waals surface area contributed by atoms with Gasteiger partial charge in [-0.1, -0.05) is 45.9 Å². The number of amides is 1. The molecule has 128 valence electrons. The number of rotatable bonds is 5. The Morgan fingerprint density at radius 1 is 1.24 bits per heavy atom. The number of tetrazole rings is 1. The molecule has 0 spiro atoms. The van der Waals surface area contributed by atoms with Crippen LogP contribution >= 0.6 is 27.7 Å². The van der Waals surface area contributed by atoms with Crippen LogP contribution in [0.2, 0.25) is 0 Å². The normalized spacial score (nSPS) is 12.0. The highest BCUT2D eigenvalue weighted by molar-refractivity contribution is 9.10. The molecule has 6 nitrogen and oxygen atoms in total. The smallest absolute Gasteiger partial charge is 0.237 e. The molecule has 0 saturated carbocycles. The number of nitrogens with one attached hydrogen (secondary N) is 1. The van der Waals surface area contributed by atoms with Gasteiger partial charge < -0.3 is 5.32 Å². The third-order valence-electron chi connectivity index (χ3n) is 3.43. The first-order valence-corrected chi connectivity index (χ1v) is 9.29. The fourth-order valence-corrected chi connectivity index (χ4v) is 3.40. The van der Waals surface area contributed by atoms with E-state index in [0.717, 1.165) is 21.4 Å². The Kier molecular flexibility index (Phi) is 5.50. The van der Waals surface area contributed by atoms with Gasteiger partial charge >= 0.3 is 0 Å². The predicted octanol–water partition coefficient (Wildman–Crippen LogP) is 3.85. The summed E-state index contributed by atoms with van der Waals surface area (Å²) in [6.07, 6.45) is 0. The van der Waals surface area contributed by atoms with E-state index in [0.29, 0.717) is 5.16 Å². The second-order valence-electron chi connectivity index (χ2n) is 5.47. The number of halogens is 1. The van der Waals surface area contributed by atoms with E-state index >= 15 is 0 Å². The molecule has 0 saturated heterocycles. The number of aromatic nitrogens is 4. The Bertz CT molecular complexity index is 898. The summed E-state index contributed by atoms with van der Waals surface area (Å²) in [6, 6.07) is 15.4. The van der Waals surface area contributed by atoms with Crippen molar-refractivity contribution in [3.8, 4) is 5.69 Å². The number of carbonyl (C=O) groups is 1. The van der Waals surface area contributed by atoms with Crippen molar-refractivity contribution in [3.05, 3.63) is 58.6 Å². The molecule has 0 bridgehead atoms. The Hall–Kier alpha value is -2.19. The second kappa shape index (κ2) is 7.79. The van der Waals surface area contributed by atoms with Crippen LogP contribution in [0, 0.1) is 6.92 Å². The summed E-state index contributed by atoms with van der Waals surface area (Å²) < 4.78 is 2.55. The Balaban J connectivity index is 1.72. The van der Waals surface area contributed by atoms with Gasteiger partial charge in [-0.15, -0.1) is 5.10 Å². The highest BCUT2D eigenvalue weighted by Crippen LogP contribution is 2.24. The molecule has 1 unspecified atom stereocenters. The monoisotopic (exact) mass is 417 g/mol. The molecule has 0 aliphatic carbocycles. The van der Waals surface area contributed by atoms with Crippen LogP contribution in [-0.2, 0) is 4.79 Å². The Morgan fingerprint density at radius 2 is 2.04 bits per heavy atom. The van der Waals surface area contributed by atoms with Crippen LogP contribution in [0.4, 0.5) is 5.69 Å². The van der Waals surface area contributed by atoms with Gasteiger partial charge in [0.05, 0.1) is 10.9 Å². The van der Waals surface area contributed by atoms with Gasteiger partial charge in [-0.2, -0.15) is 4.68 Å². The lowest BCUT2D eigenvalue weighted by atomic mass is 10.2. The molecular formula is C17H16BrN5OS. The fraction of sp³-hybridized carbons (Fsp3) is 0.176. The standard InChI is InChI=1S/C17H16BrN5OS/c1-11-5-3-8-15(9-11)23-17(20-21-22-23)25-12(2)16(24)19-14-7-4-6-13(18)10-14/h3-10,12H,1-2H3,(H,19,24). The second-order valence-corrected chi connectivity index (χ2v) is 7.70. The molecule has 1 N–H and O–H groups in total. The van der Waals surface area contributed by atoms with Crippen molar-refractivity contribution < 1.29 is 4.79 Å². The molecule has 0 radical (unpaired) electrons. The number of hydrogen-bond acceptors (Lipinski definition) is 5. The average molecular weight is 418 g/mol. The minimum atomic E-state index is -0.353. The van der Waals surface area contributed by atoms with Crippen LogP contribution in [0.3, 0.4) is 0 Å². The molecule has 3 aromatic rings. The van der Waals surface area contributed by atoms with Crippen molar-refractivity contribution in [2.75, 3.05) is 5.32 Å². The largest absolute Gasteiger partial charge is 0.325 e. The molecule has 0 fully saturated rings. The SMILES string of the molecule is Cc1cccc(-n2nnnc2SC(C)C(=O)Nc2cccc(Br)c2)c1. The van der Waals surface area contributed by atoms with Crippen LogP contribution in [0.25, 0.3) is 5.69 Å². The van der Waals surface area contributed by atoms with E-state index in [9.17, 15) is 4.79 Å². The Morgan fingerprint density at radius 3 is 2.80 bits per heavy atom. The van der Waals surface area contributed by atoms with E-state index in [1.807, 2.05) is 62.4 Å². The number of carbonyl (C=O) groups excluding carboxylic acids is 1. The lowest BCUT2D eigenvalue weighted by Gasteiger charge is -2.12. The zero-order valence-corrected chi connectivity index (χ0v) is 16.1. The van der Waals surface area contributed by atoms with Crippen molar-refractivity contribution in [2.24, 2.45) is 0 Å². The summed E-state index contributed by atoms with van der Waals surface area (Å²) in [5.41, 5.74) is 2.72. The summed E-state index contributed by atoms with van der Waals surface area (Å²) in [7, 11) is 0. The lowest BCUT2D eigenvalue weighted by molar-refractivity contribution is -0.115. The van der Waals surface area contributed by atoms with Gasteiger partial charge in [0.15, 0.2) is 0 Å². The minimum Gasteiger partial charge on any atom is -0.325 e. The van der Waals surface area contributed by atoms with E-state index in [1.165, 1.54) is 11.8 Å². The first-order chi connectivity index (χ1) is 12.0. The minimum absolute atomic E-state index is 0.109. The summed E-state index contributed by atoms with van der Waals surface area (Å²) in [5.74, 6) is -0.109. The van der Waals surface area contributed by atoms with Crippen LogP contribution in [-0.4, -0.2) is 31.4 Å². The number of aryl methyl sites for hydroxylation is 1. The molecule has 3 rings (SSSR count). The van der Waals surface area contributed by atoms with E-state index in [-0.39, 0.29) is 11.2 Å². The van der Waals surface area contributed by atoms with Crippen molar-refractivity contribution in [3.63, 3.8) is 0 Å². The number of nitrogens with zero attached hydrogens (tertiary/aromatic N) is 4. The van der Waals surface area contributed by atoms with E-state index in [1.54, 1.807) is 4.68 Å². The quantitative estimate of drug-likeness (QED) is 0.638. The number of hydrogen-bond donors (Lipinski definition) is 1. The maximum atomic E-state index is 12.4. The molecule has 0 aliphatic heterocycles. The zero-order chi connectivity index (χ0) is 17.8. The molecule has 1 aromatic heterocycles. The molecule has 1 amide bonds. The average Bonchev–Trinajstić information content (AvgIpc) is 3.03.